The first kappa shape index (κ1) is 25.2. The molecule has 2 heterocycles. The highest BCUT2D eigenvalue weighted by Crippen LogP contribution is 2.27. The van der Waals surface area contributed by atoms with Crippen LogP contribution in [0.2, 0.25) is 0 Å². The third-order valence-corrected chi connectivity index (χ3v) is 7.65. The standard InChI is InChI=1S/C28H30FN3OS.H2O/c29-23-8-6-22(7-9-23)20-32-27-11-10-24(33)19-26(27)30-28(32)18-21-12-14-31(15-13-21)16-17-34-25-4-2-1-3-5-25;/h1-11,19,21,33H,12-18,20H2;1H2. The number of likely N-dealkylation sites (tertiary alicyclic amines) is 1. The van der Waals surface area contributed by atoms with E-state index in [2.05, 4.69) is 39.8 Å². The summed E-state index contributed by atoms with van der Waals surface area (Å²) in [5, 5.41) is 9.95. The van der Waals surface area contributed by atoms with E-state index in [1.807, 2.05) is 30.0 Å². The number of rotatable bonds is 8. The Morgan fingerprint density at radius 1 is 0.971 bits per heavy atom. The molecule has 0 saturated carbocycles. The molecule has 1 saturated heterocycles. The second-order valence-corrected chi connectivity index (χ2v) is 10.2. The van der Waals surface area contributed by atoms with Crippen LogP contribution in [-0.2, 0) is 13.0 Å². The number of hydrogen-bond acceptors (Lipinski definition) is 4. The second kappa shape index (κ2) is 11.7. The van der Waals surface area contributed by atoms with Crippen molar-refractivity contribution in [3.63, 3.8) is 0 Å². The molecule has 0 unspecified atom stereocenters. The summed E-state index contributed by atoms with van der Waals surface area (Å²) in [6.07, 6.45) is 3.26. The van der Waals surface area contributed by atoms with Crippen molar-refractivity contribution in [2.45, 2.75) is 30.7 Å². The van der Waals surface area contributed by atoms with E-state index in [1.165, 1.54) is 29.9 Å². The lowest BCUT2D eigenvalue weighted by molar-refractivity contribution is 0.192. The minimum Gasteiger partial charge on any atom is -0.508 e. The van der Waals surface area contributed by atoms with Gasteiger partial charge in [-0.3, -0.25) is 0 Å². The fraction of sp³-hybridized carbons (Fsp3) is 0.321. The number of nitrogens with zero attached hydrogens (tertiary/aromatic N) is 3. The molecule has 0 atom stereocenters. The number of aromatic hydroxyl groups is 1. The summed E-state index contributed by atoms with van der Waals surface area (Å²) in [7, 11) is 0. The Hall–Kier alpha value is -2.87. The summed E-state index contributed by atoms with van der Waals surface area (Å²) >= 11 is 1.93. The Labute approximate surface area is 209 Å². The van der Waals surface area contributed by atoms with Crippen molar-refractivity contribution in [3.05, 3.63) is 90.0 Å². The van der Waals surface area contributed by atoms with Gasteiger partial charge in [0.1, 0.15) is 17.4 Å². The van der Waals surface area contributed by atoms with Gasteiger partial charge in [0.05, 0.1) is 11.0 Å². The van der Waals surface area contributed by atoms with Crippen LogP contribution in [0.25, 0.3) is 11.0 Å². The number of aromatic nitrogens is 2. The molecule has 0 bridgehead atoms. The topological polar surface area (TPSA) is 72.8 Å². The van der Waals surface area contributed by atoms with E-state index in [-0.39, 0.29) is 17.0 Å². The maximum Gasteiger partial charge on any atom is 0.123 e. The molecule has 1 aliphatic heterocycles. The molecule has 3 N–H and O–H groups in total. The van der Waals surface area contributed by atoms with Crippen LogP contribution in [0.1, 0.15) is 24.2 Å². The average molecular weight is 494 g/mol. The number of hydrogen-bond donors (Lipinski definition) is 1. The van der Waals surface area contributed by atoms with Crippen LogP contribution in [0.5, 0.6) is 5.75 Å². The zero-order chi connectivity index (χ0) is 23.3. The van der Waals surface area contributed by atoms with Gasteiger partial charge < -0.3 is 20.0 Å². The van der Waals surface area contributed by atoms with Gasteiger partial charge in [0.25, 0.3) is 0 Å². The number of fused-ring (bicyclic) bond motifs is 1. The normalized spacial score (nSPS) is 14.8. The lowest BCUT2D eigenvalue weighted by Gasteiger charge is -2.31. The molecule has 0 amide bonds. The Balaban J connectivity index is 0.00000289. The molecular formula is C28H32FN3O2S. The van der Waals surface area contributed by atoms with Crippen LogP contribution >= 0.6 is 11.8 Å². The number of piperidine rings is 1. The van der Waals surface area contributed by atoms with Crippen LogP contribution in [0.3, 0.4) is 0 Å². The minimum atomic E-state index is -0.224. The van der Waals surface area contributed by atoms with Crippen molar-refractivity contribution >= 4 is 22.8 Å². The molecule has 3 aromatic carbocycles. The quantitative estimate of drug-likeness (QED) is 0.345. The van der Waals surface area contributed by atoms with E-state index < -0.39 is 0 Å². The van der Waals surface area contributed by atoms with E-state index in [0.29, 0.717) is 12.5 Å². The summed E-state index contributed by atoms with van der Waals surface area (Å²) in [5.41, 5.74) is 2.86. The van der Waals surface area contributed by atoms with Gasteiger partial charge in [0.15, 0.2) is 0 Å². The minimum absolute atomic E-state index is 0. The Morgan fingerprint density at radius 2 is 1.71 bits per heavy atom. The molecule has 0 radical (unpaired) electrons. The third-order valence-electron chi connectivity index (χ3n) is 6.66. The van der Waals surface area contributed by atoms with Crippen molar-refractivity contribution in [2.24, 2.45) is 5.92 Å². The van der Waals surface area contributed by atoms with Gasteiger partial charge in [-0.1, -0.05) is 30.3 Å². The summed E-state index contributed by atoms with van der Waals surface area (Å²) in [6.45, 7) is 4.01. The second-order valence-electron chi connectivity index (χ2n) is 9.06. The fourth-order valence-electron chi connectivity index (χ4n) is 4.75. The molecule has 5 nitrogen and oxygen atoms in total. The highest BCUT2D eigenvalue weighted by atomic mass is 32.2. The molecule has 184 valence electrons. The van der Waals surface area contributed by atoms with Crippen LogP contribution in [0.15, 0.2) is 77.7 Å². The van der Waals surface area contributed by atoms with E-state index in [0.717, 1.165) is 54.2 Å². The van der Waals surface area contributed by atoms with Crippen molar-refractivity contribution in [3.8, 4) is 5.75 Å². The number of thioether (sulfide) groups is 1. The summed E-state index contributed by atoms with van der Waals surface area (Å²) in [6, 6.07) is 22.6. The van der Waals surface area contributed by atoms with Gasteiger partial charge >= 0.3 is 0 Å². The van der Waals surface area contributed by atoms with E-state index in [9.17, 15) is 9.50 Å². The first-order valence-corrected chi connectivity index (χ1v) is 13.0. The van der Waals surface area contributed by atoms with Crippen LogP contribution < -0.4 is 0 Å². The van der Waals surface area contributed by atoms with Gasteiger partial charge in [0.2, 0.25) is 0 Å². The smallest absolute Gasteiger partial charge is 0.123 e. The first-order chi connectivity index (χ1) is 16.6. The van der Waals surface area contributed by atoms with E-state index in [1.54, 1.807) is 12.1 Å². The zero-order valence-electron chi connectivity index (χ0n) is 19.7. The Bertz CT molecular complexity index is 1220. The summed E-state index contributed by atoms with van der Waals surface area (Å²) in [5.74, 6) is 2.76. The Morgan fingerprint density at radius 3 is 2.46 bits per heavy atom. The molecule has 0 spiro atoms. The predicted octanol–water partition coefficient (Wildman–Crippen LogP) is 5.15. The lowest BCUT2D eigenvalue weighted by Crippen LogP contribution is -2.36. The van der Waals surface area contributed by atoms with Gasteiger partial charge in [0, 0.05) is 36.2 Å². The molecule has 5 rings (SSSR count). The fourth-order valence-corrected chi connectivity index (χ4v) is 5.69. The number of phenols is 1. The van der Waals surface area contributed by atoms with E-state index >= 15 is 0 Å². The van der Waals surface area contributed by atoms with Crippen molar-refractivity contribution < 1.29 is 15.0 Å². The summed E-state index contributed by atoms with van der Waals surface area (Å²) in [4.78, 5) is 8.81. The molecule has 0 aliphatic carbocycles. The molecule has 1 aromatic heterocycles. The number of phenolic OH excluding ortho intramolecular Hbond substituents is 1. The van der Waals surface area contributed by atoms with Crippen LogP contribution in [0, 0.1) is 11.7 Å². The SMILES string of the molecule is O.Oc1ccc2c(c1)nc(CC1CCN(CCSc3ccccc3)CC1)n2Cc1ccc(F)cc1. The Kier molecular flexibility index (Phi) is 8.44. The van der Waals surface area contributed by atoms with Gasteiger partial charge in [-0.2, -0.15) is 0 Å². The lowest BCUT2D eigenvalue weighted by atomic mass is 9.93. The monoisotopic (exact) mass is 493 g/mol. The molecular weight excluding hydrogens is 461 g/mol. The highest BCUT2D eigenvalue weighted by Gasteiger charge is 2.22. The zero-order valence-corrected chi connectivity index (χ0v) is 20.6. The van der Waals surface area contributed by atoms with Gasteiger partial charge in [-0.25, -0.2) is 9.37 Å². The molecule has 4 aromatic rings. The van der Waals surface area contributed by atoms with Gasteiger partial charge in [-0.05, 0) is 73.8 Å². The highest BCUT2D eigenvalue weighted by molar-refractivity contribution is 7.99. The molecule has 1 fully saturated rings. The average Bonchev–Trinajstić information content (AvgIpc) is 3.18. The van der Waals surface area contributed by atoms with Crippen LogP contribution in [-0.4, -0.2) is 50.4 Å². The maximum absolute atomic E-state index is 13.4. The van der Waals surface area contributed by atoms with Crippen molar-refractivity contribution in [1.29, 1.82) is 0 Å². The van der Waals surface area contributed by atoms with Crippen LogP contribution in [0.4, 0.5) is 4.39 Å². The van der Waals surface area contributed by atoms with E-state index in [4.69, 9.17) is 4.98 Å². The third kappa shape index (κ3) is 6.42. The number of halogens is 1. The maximum atomic E-state index is 13.4. The first-order valence-electron chi connectivity index (χ1n) is 12.0. The number of benzene rings is 3. The predicted molar refractivity (Wildman–Crippen MR) is 141 cm³/mol. The largest absolute Gasteiger partial charge is 0.508 e. The number of imidazole rings is 1. The summed E-state index contributed by atoms with van der Waals surface area (Å²) < 4.78 is 15.6. The molecule has 7 heteroatoms. The van der Waals surface area contributed by atoms with Crippen molar-refractivity contribution in [1.82, 2.24) is 14.5 Å². The molecule has 1 aliphatic rings. The molecule has 35 heavy (non-hydrogen) atoms. The van der Waals surface area contributed by atoms with Gasteiger partial charge in [-0.15, -0.1) is 11.8 Å². The van der Waals surface area contributed by atoms with Crippen molar-refractivity contribution in [2.75, 3.05) is 25.4 Å².